The molecule has 2 aromatic heterocycles. The van der Waals surface area contributed by atoms with E-state index in [9.17, 15) is 4.79 Å². The van der Waals surface area contributed by atoms with Crippen LogP contribution in [0.5, 0.6) is 0 Å². The van der Waals surface area contributed by atoms with E-state index >= 15 is 0 Å². The Bertz CT molecular complexity index is 593. The van der Waals surface area contributed by atoms with E-state index in [1.165, 1.54) is 0 Å². The molecular weight excluding hydrogens is 266 g/mol. The Hall–Kier alpha value is -2.21. The number of nitrogens with one attached hydrogen (secondary N) is 1. The lowest BCUT2D eigenvalue weighted by atomic mass is 9.97. The third kappa shape index (κ3) is 3.28. The van der Waals surface area contributed by atoms with Gasteiger partial charge in [-0.2, -0.15) is 0 Å². The van der Waals surface area contributed by atoms with Crippen LogP contribution in [0.25, 0.3) is 5.82 Å². The van der Waals surface area contributed by atoms with Gasteiger partial charge >= 0.3 is 0 Å². The predicted octanol–water partition coefficient (Wildman–Crippen LogP) is 1.55. The summed E-state index contributed by atoms with van der Waals surface area (Å²) in [5, 5.41) is 2.95. The van der Waals surface area contributed by atoms with Gasteiger partial charge in [0.1, 0.15) is 12.1 Å². The molecule has 6 nitrogen and oxygen atoms in total. The van der Waals surface area contributed by atoms with Crippen LogP contribution in [-0.4, -0.2) is 45.5 Å². The summed E-state index contributed by atoms with van der Waals surface area (Å²) in [6.45, 7) is 1.90. The zero-order valence-electron chi connectivity index (χ0n) is 12.1. The lowest BCUT2D eigenvalue weighted by Gasteiger charge is -2.28. The molecule has 1 unspecified atom stereocenters. The number of amides is 1. The average molecular weight is 285 g/mol. The summed E-state index contributed by atoms with van der Waals surface area (Å²) < 4.78 is 1.82. The Kier molecular flexibility index (Phi) is 3.96. The fraction of sp³-hybridized carbons (Fsp3) is 0.400. The number of likely N-dealkylation sites (tertiary alicyclic amines) is 1. The summed E-state index contributed by atoms with van der Waals surface area (Å²) >= 11 is 0. The average Bonchev–Trinajstić information content (AvgIpc) is 3.02. The minimum absolute atomic E-state index is 0.0667. The second-order valence-electron chi connectivity index (χ2n) is 5.47. The third-order valence-electron chi connectivity index (χ3n) is 3.78. The van der Waals surface area contributed by atoms with E-state index in [4.69, 9.17) is 0 Å². The minimum atomic E-state index is 0.0667. The van der Waals surface area contributed by atoms with Gasteiger partial charge in [0, 0.05) is 18.9 Å². The Morgan fingerprint density at radius 3 is 3.00 bits per heavy atom. The molecule has 1 fully saturated rings. The summed E-state index contributed by atoms with van der Waals surface area (Å²) in [6.07, 6.45) is 8.94. The van der Waals surface area contributed by atoms with Crippen molar-refractivity contribution in [3.05, 3.63) is 37.1 Å². The van der Waals surface area contributed by atoms with Crippen LogP contribution in [0.3, 0.4) is 0 Å². The molecule has 3 heterocycles. The van der Waals surface area contributed by atoms with Crippen LogP contribution in [0.2, 0.25) is 0 Å². The molecule has 1 aliphatic rings. The number of rotatable bonds is 3. The topological polar surface area (TPSA) is 63.1 Å². The molecule has 0 aliphatic carbocycles. The number of pyridine rings is 1. The van der Waals surface area contributed by atoms with Crippen LogP contribution in [0.1, 0.15) is 12.8 Å². The molecule has 0 spiro atoms. The molecule has 2 aromatic rings. The fourth-order valence-electron chi connectivity index (χ4n) is 2.63. The molecule has 1 aliphatic heterocycles. The van der Waals surface area contributed by atoms with Gasteiger partial charge in [0.15, 0.2) is 0 Å². The van der Waals surface area contributed by atoms with Gasteiger partial charge in [0.05, 0.1) is 17.8 Å². The summed E-state index contributed by atoms with van der Waals surface area (Å²) in [6, 6.07) is 3.73. The van der Waals surface area contributed by atoms with Crippen molar-refractivity contribution in [3.63, 3.8) is 0 Å². The maximum Gasteiger partial charge on any atom is 0.228 e. The van der Waals surface area contributed by atoms with E-state index in [0.717, 1.165) is 37.4 Å². The van der Waals surface area contributed by atoms with Crippen molar-refractivity contribution in [1.29, 1.82) is 0 Å². The Morgan fingerprint density at radius 1 is 1.43 bits per heavy atom. The minimum Gasteiger partial charge on any atom is -0.324 e. The number of hydrogen-bond donors (Lipinski definition) is 1. The van der Waals surface area contributed by atoms with E-state index in [-0.39, 0.29) is 11.8 Å². The molecule has 6 heteroatoms. The highest BCUT2D eigenvalue weighted by atomic mass is 16.1. The van der Waals surface area contributed by atoms with Crippen LogP contribution in [0.4, 0.5) is 5.69 Å². The maximum atomic E-state index is 12.2. The molecule has 0 bridgehead atoms. The number of carbonyl (C=O) groups excluding carboxylic acids is 1. The van der Waals surface area contributed by atoms with Crippen molar-refractivity contribution < 1.29 is 4.79 Å². The van der Waals surface area contributed by atoms with Gasteiger partial charge in [-0.15, -0.1) is 0 Å². The van der Waals surface area contributed by atoms with Crippen LogP contribution in [-0.2, 0) is 4.79 Å². The monoisotopic (exact) mass is 285 g/mol. The van der Waals surface area contributed by atoms with Gasteiger partial charge < -0.3 is 10.2 Å². The van der Waals surface area contributed by atoms with E-state index in [2.05, 4.69) is 27.2 Å². The fourth-order valence-corrected chi connectivity index (χ4v) is 2.63. The van der Waals surface area contributed by atoms with Crippen molar-refractivity contribution in [2.45, 2.75) is 12.8 Å². The van der Waals surface area contributed by atoms with Crippen LogP contribution in [0.15, 0.2) is 37.1 Å². The number of anilines is 1. The summed E-state index contributed by atoms with van der Waals surface area (Å²) in [5.41, 5.74) is 0.733. The first kappa shape index (κ1) is 13.8. The van der Waals surface area contributed by atoms with Gasteiger partial charge in [0.2, 0.25) is 5.91 Å². The molecule has 1 saturated heterocycles. The van der Waals surface area contributed by atoms with E-state index < -0.39 is 0 Å². The second kappa shape index (κ2) is 6.05. The van der Waals surface area contributed by atoms with E-state index in [1.54, 1.807) is 18.7 Å². The van der Waals surface area contributed by atoms with Crippen molar-refractivity contribution in [2.75, 3.05) is 25.5 Å². The molecule has 0 saturated carbocycles. The van der Waals surface area contributed by atoms with Gasteiger partial charge in [0.25, 0.3) is 0 Å². The molecule has 21 heavy (non-hydrogen) atoms. The van der Waals surface area contributed by atoms with E-state index in [0.29, 0.717) is 0 Å². The number of carbonyl (C=O) groups is 1. The number of hydrogen-bond acceptors (Lipinski definition) is 4. The molecular formula is C15H19N5O. The van der Waals surface area contributed by atoms with Crippen LogP contribution >= 0.6 is 0 Å². The second-order valence-corrected chi connectivity index (χ2v) is 5.47. The normalized spacial score (nSPS) is 19.4. The first-order valence-corrected chi connectivity index (χ1v) is 7.16. The standard InChI is InChI=1S/C15H19N5O/c1-19-7-2-3-12(10-19)15(21)18-13-4-5-14(17-9-13)20-8-6-16-11-20/h4-6,8-9,11-12H,2-3,7,10H2,1H3,(H,18,21). The first-order chi connectivity index (χ1) is 10.2. The Labute approximate surface area is 123 Å². The van der Waals surface area contributed by atoms with Crippen molar-refractivity contribution >= 4 is 11.6 Å². The summed E-state index contributed by atoms with van der Waals surface area (Å²) in [5.74, 6) is 0.929. The molecule has 0 radical (unpaired) electrons. The van der Waals surface area contributed by atoms with Gasteiger partial charge in [-0.05, 0) is 38.6 Å². The number of imidazole rings is 1. The highest BCUT2D eigenvalue weighted by Gasteiger charge is 2.23. The van der Waals surface area contributed by atoms with Crippen molar-refractivity contribution in [3.8, 4) is 5.82 Å². The molecule has 1 N–H and O–H groups in total. The summed E-state index contributed by atoms with van der Waals surface area (Å²) in [7, 11) is 2.06. The van der Waals surface area contributed by atoms with Gasteiger partial charge in [-0.3, -0.25) is 9.36 Å². The smallest absolute Gasteiger partial charge is 0.228 e. The maximum absolute atomic E-state index is 12.2. The molecule has 3 rings (SSSR count). The lowest BCUT2D eigenvalue weighted by molar-refractivity contribution is -0.121. The zero-order valence-corrected chi connectivity index (χ0v) is 12.1. The Balaban J connectivity index is 1.63. The van der Waals surface area contributed by atoms with E-state index in [1.807, 2.05) is 22.9 Å². The zero-order chi connectivity index (χ0) is 14.7. The SMILES string of the molecule is CN1CCCC(C(=O)Nc2ccc(-n3ccnc3)nc2)C1. The largest absolute Gasteiger partial charge is 0.324 e. The van der Waals surface area contributed by atoms with Crippen LogP contribution < -0.4 is 5.32 Å². The highest BCUT2D eigenvalue weighted by molar-refractivity contribution is 5.92. The first-order valence-electron chi connectivity index (χ1n) is 7.16. The molecule has 1 amide bonds. The third-order valence-corrected chi connectivity index (χ3v) is 3.78. The van der Waals surface area contributed by atoms with Crippen molar-refractivity contribution in [1.82, 2.24) is 19.4 Å². The van der Waals surface area contributed by atoms with Crippen molar-refractivity contribution in [2.24, 2.45) is 5.92 Å². The quantitative estimate of drug-likeness (QED) is 0.929. The molecule has 110 valence electrons. The highest BCUT2D eigenvalue weighted by Crippen LogP contribution is 2.17. The van der Waals surface area contributed by atoms with Gasteiger partial charge in [-0.1, -0.05) is 0 Å². The number of piperidine rings is 1. The molecule has 0 aromatic carbocycles. The number of aromatic nitrogens is 3. The summed E-state index contributed by atoms with van der Waals surface area (Å²) in [4.78, 5) is 22.8. The van der Waals surface area contributed by atoms with Gasteiger partial charge in [-0.25, -0.2) is 9.97 Å². The lowest BCUT2D eigenvalue weighted by Crippen LogP contribution is -2.38. The van der Waals surface area contributed by atoms with Crippen LogP contribution in [0, 0.1) is 5.92 Å². The number of nitrogens with zero attached hydrogens (tertiary/aromatic N) is 4. The molecule has 1 atom stereocenters. The Morgan fingerprint density at radius 2 is 2.33 bits per heavy atom. The predicted molar refractivity (Wildman–Crippen MR) is 80.2 cm³/mol.